The maximum atomic E-state index is 12.4. The molecule has 1 aromatic heterocycles. The molecule has 0 aliphatic carbocycles. The topological polar surface area (TPSA) is 76.0 Å². The number of amides is 2. The monoisotopic (exact) mass is 362 g/mol. The smallest absolute Gasteiger partial charge is 0.251 e. The molecule has 6 heteroatoms. The normalized spacial score (nSPS) is 10.4. The van der Waals surface area contributed by atoms with Crippen molar-refractivity contribution in [3.05, 3.63) is 83.2 Å². The van der Waals surface area contributed by atoms with Crippen molar-refractivity contribution in [2.45, 2.75) is 26.9 Å². The zero-order valence-corrected chi connectivity index (χ0v) is 15.4. The number of benzene rings is 2. The molecule has 0 bridgehead atoms. The van der Waals surface area contributed by atoms with Crippen LogP contribution in [-0.4, -0.2) is 21.6 Å². The van der Waals surface area contributed by atoms with Crippen molar-refractivity contribution in [1.82, 2.24) is 15.1 Å². The molecule has 3 aromatic rings. The van der Waals surface area contributed by atoms with E-state index >= 15 is 0 Å². The molecular formula is C21H22N4O2. The van der Waals surface area contributed by atoms with E-state index in [1.807, 2.05) is 54.2 Å². The van der Waals surface area contributed by atoms with Crippen molar-refractivity contribution < 1.29 is 9.59 Å². The number of nitrogens with zero attached hydrogens (tertiary/aromatic N) is 2. The van der Waals surface area contributed by atoms with Gasteiger partial charge < -0.3 is 10.6 Å². The van der Waals surface area contributed by atoms with Crippen molar-refractivity contribution in [1.29, 1.82) is 0 Å². The van der Waals surface area contributed by atoms with Crippen LogP contribution in [0.1, 0.15) is 34.0 Å². The SMILES string of the molecule is CC(=O)Nc1cc(C(=O)NCc2cnn(Cc3ccccc3)c2)ccc1C. The fourth-order valence-corrected chi connectivity index (χ4v) is 2.73. The number of aromatic nitrogens is 2. The second-order valence-corrected chi connectivity index (χ2v) is 6.43. The third-order valence-corrected chi connectivity index (χ3v) is 4.14. The highest BCUT2D eigenvalue weighted by Crippen LogP contribution is 2.17. The molecule has 0 saturated carbocycles. The van der Waals surface area contributed by atoms with E-state index in [9.17, 15) is 9.59 Å². The Morgan fingerprint density at radius 1 is 1.07 bits per heavy atom. The summed E-state index contributed by atoms with van der Waals surface area (Å²) in [7, 11) is 0. The predicted molar refractivity (Wildman–Crippen MR) is 104 cm³/mol. The average Bonchev–Trinajstić information content (AvgIpc) is 3.09. The molecule has 2 amide bonds. The number of carbonyl (C=O) groups excluding carboxylic acids is 2. The van der Waals surface area contributed by atoms with Crippen LogP contribution < -0.4 is 10.6 Å². The van der Waals surface area contributed by atoms with Crippen molar-refractivity contribution in [2.24, 2.45) is 0 Å². The summed E-state index contributed by atoms with van der Waals surface area (Å²) >= 11 is 0. The van der Waals surface area contributed by atoms with Crippen LogP contribution in [0.25, 0.3) is 0 Å². The van der Waals surface area contributed by atoms with Gasteiger partial charge in [0.1, 0.15) is 0 Å². The highest BCUT2D eigenvalue weighted by atomic mass is 16.2. The maximum Gasteiger partial charge on any atom is 0.251 e. The van der Waals surface area contributed by atoms with Gasteiger partial charge in [-0.15, -0.1) is 0 Å². The number of carbonyl (C=O) groups is 2. The van der Waals surface area contributed by atoms with Gasteiger partial charge in [-0.3, -0.25) is 14.3 Å². The summed E-state index contributed by atoms with van der Waals surface area (Å²) in [5.74, 6) is -0.362. The molecule has 3 rings (SSSR count). The number of aryl methyl sites for hydroxylation is 1. The summed E-state index contributed by atoms with van der Waals surface area (Å²) in [5.41, 5.74) is 4.14. The lowest BCUT2D eigenvalue weighted by molar-refractivity contribution is -0.114. The van der Waals surface area contributed by atoms with Gasteiger partial charge in [0.15, 0.2) is 0 Å². The first-order valence-corrected chi connectivity index (χ1v) is 8.73. The van der Waals surface area contributed by atoms with Crippen LogP contribution in [0.4, 0.5) is 5.69 Å². The van der Waals surface area contributed by atoms with Crippen LogP contribution in [0.3, 0.4) is 0 Å². The first kappa shape index (κ1) is 18.4. The summed E-state index contributed by atoms with van der Waals surface area (Å²) in [6.07, 6.45) is 3.67. The Bertz CT molecular complexity index is 948. The second-order valence-electron chi connectivity index (χ2n) is 6.43. The van der Waals surface area contributed by atoms with E-state index < -0.39 is 0 Å². The summed E-state index contributed by atoms with van der Waals surface area (Å²) in [6.45, 7) is 4.40. The lowest BCUT2D eigenvalue weighted by Crippen LogP contribution is -2.23. The summed E-state index contributed by atoms with van der Waals surface area (Å²) in [6, 6.07) is 15.3. The van der Waals surface area contributed by atoms with Crippen molar-refractivity contribution in [2.75, 3.05) is 5.32 Å². The number of nitrogens with one attached hydrogen (secondary N) is 2. The molecule has 0 atom stereocenters. The molecule has 138 valence electrons. The fourth-order valence-electron chi connectivity index (χ4n) is 2.73. The zero-order valence-electron chi connectivity index (χ0n) is 15.4. The van der Waals surface area contributed by atoms with E-state index in [0.717, 1.165) is 11.1 Å². The maximum absolute atomic E-state index is 12.4. The van der Waals surface area contributed by atoms with Gasteiger partial charge in [-0.1, -0.05) is 36.4 Å². The Hall–Kier alpha value is -3.41. The van der Waals surface area contributed by atoms with Gasteiger partial charge in [0.2, 0.25) is 5.91 Å². The molecule has 0 unspecified atom stereocenters. The molecule has 0 saturated heterocycles. The molecule has 6 nitrogen and oxygen atoms in total. The summed E-state index contributed by atoms with van der Waals surface area (Å²) in [5, 5.41) is 9.96. The van der Waals surface area contributed by atoms with Gasteiger partial charge in [0, 0.05) is 36.5 Å². The molecule has 0 aliphatic heterocycles. The Balaban J connectivity index is 1.60. The Labute approximate surface area is 158 Å². The van der Waals surface area contributed by atoms with Gasteiger partial charge in [-0.05, 0) is 30.2 Å². The number of anilines is 1. The minimum atomic E-state index is -0.197. The molecule has 27 heavy (non-hydrogen) atoms. The third-order valence-electron chi connectivity index (χ3n) is 4.14. The van der Waals surface area contributed by atoms with Crippen LogP contribution in [0, 0.1) is 6.92 Å². The Morgan fingerprint density at radius 3 is 2.59 bits per heavy atom. The minimum absolute atomic E-state index is 0.165. The van der Waals surface area contributed by atoms with E-state index in [1.165, 1.54) is 12.5 Å². The first-order chi connectivity index (χ1) is 13.0. The first-order valence-electron chi connectivity index (χ1n) is 8.73. The number of hydrogen-bond acceptors (Lipinski definition) is 3. The van der Waals surface area contributed by atoms with E-state index in [4.69, 9.17) is 0 Å². The zero-order chi connectivity index (χ0) is 19.2. The molecule has 0 radical (unpaired) electrons. The van der Waals surface area contributed by atoms with Gasteiger partial charge in [-0.25, -0.2) is 0 Å². The molecule has 2 aromatic carbocycles. The van der Waals surface area contributed by atoms with Crippen LogP contribution in [0.2, 0.25) is 0 Å². The van der Waals surface area contributed by atoms with E-state index in [-0.39, 0.29) is 11.8 Å². The lowest BCUT2D eigenvalue weighted by atomic mass is 10.1. The van der Waals surface area contributed by atoms with Gasteiger partial charge in [0.05, 0.1) is 12.7 Å². The highest BCUT2D eigenvalue weighted by Gasteiger charge is 2.09. The largest absolute Gasteiger partial charge is 0.348 e. The van der Waals surface area contributed by atoms with E-state index in [0.29, 0.717) is 24.3 Å². The van der Waals surface area contributed by atoms with Crippen molar-refractivity contribution in [3.8, 4) is 0 Å². The second kappa shape index (κ2) is 8.31. The molecule has 0 fully saturated rings. The molecule has 1 heterocycles. The molecule has 0 aliphatic rings. The highest BCUT2D eigenvalue weighted by molar-refractivity contribution is 5.97. The standard InChI is InChI=1S/C21H22N4O2/c1-15-8-9-19(10-20(15)24-16(2)26)21(27)22-11-18-12-23-25(14-18)13-17-6-4-3-5-7-17/h3-10,12,14H,11,13H2,1-2H3,(H,22,27)(H,24,26). The minimum Gasteiger partial charge on any atom is -0.348 e. The number of rotatable bonds is 6. The van der Waals surface area contributed by atoms with Crippen molar-refractivity contribution in [3.63, 3.8) is 0 Å². The summed E-state index contributed by atoms with van der Waals surface area (Å²) in [4.78, 5) is 23.7. The van der Waals surface area contributed by atoms with Gasteiger partial charge in [0.25, 0.3) is 5.91 Å². The third kappa shape index (κ3) is 5.04. The Morgan fingerprint density at radius 2 is 1.85 bits per heavy atom. The van der Waals surface area contributed by atoms with E-state index in [1.54, 1.807) is 18.3 Å². The molecule has 0 spiro atoms. The van der Waals surface area contributed by atoms with Crippen molar-refractivity contribution >= 4 is 17.5 Å². The number of hydrogen-bond donors (Lipinski definition) is 2. The van der Waals surface area contributed by atoms with Gasteiger partial charge in [-0.2, -0.15) is 5.10 Å². The molecular weight excluding hydrogens is 340 g/mol. The molecule has 2 N–H and O–H groups in total. The average molecular weight is 362 g/mol. The fraction of sp³-hybridized carbons (Fsp3) is 0.190. The van der Waals surface area contributed by atoms with Crippen LogP contribution in [0.5, 0.6) is 0 Å². The van der Waals surface area contributed by atoms with Crippen LogP contribution in [0.15, 0.2) is 60.9 Å². The quantitative estimate of drug-likeness (QED) is 0.707. The lowest BCUT2D eigenvalue weighted by Gasteiger charge is -2.09. The van der Waals surface area contributed by atoms with Crippen LogP contribution >= 0.6 is 0 Å². The van der Waals surface area contributed by atoms with E-state index in [2.05, 4.69) is 15.7 Å². The summed E-state index contributed by atoms with van der Waals surface area (Å²) < 4.78 is 1.84. The Kier molecular flexibility index (Phi) is 5.66. The van der Waals surface area contributed by atoms with Gasteiger partial charge >= 0.3 is 0 Å². The van der Waals surface area contributed by atoms with Crippen LogP contribution in [-0.2, 0) is 17.9 Å². The predicted octanol–water partition coefficient (Wildman–Crippen LogP) is 3.13.